The summed E-state index contributed by atoms with van der Waals surface area (Å²) in [6.45, 7) is 3.19. The Hall–Kier alpha value is -2.64. The van der Waals surface area contributed by atoms with Gasteiger partial charge in [-0.1, -0.05) is 42.5 Å². The van der Waals surface area contributed by atoms with E-state index in [2.05, 4.69) is 23.5 Å². The van der Waals surface area contributed by atoms with Gasteiger partial charge in [-0.05, 0) is 49.2 Å². The van der Waals surface area contributed by atoms with Crippen molar-refractivity contribution in [2.45, 2.75) is 25.3 Å². The molecule has 132 valence electrons. The Balaban J connectivity index is 1.66. The molecule has 4 heteroatoms. The fourth-order valence-corrected chi connectivity index (χ4v) is 4.53. The monoisotopic (exact) mass is 345 g/mol. The highest BCUT2D eigenvalue weighted by Gasteiger charge is 2.54. The maximum absolute atomic E-state index is 13.4. The fourth-order valence-electron chi connectivity index (χ4n) is 4.53. The van der Waals surface area contributed by atoms with Gasteiger partial charge in [-0.15, -0.1) is 0 Å². The highest BCUT2D eigenvalue weighted by Crippen LogP contribution is 2.50. The van der Waals surface area contributed by atoms with Crippen molar-refractivity contribution in [3.05, 3.63) is 71.3 Å². The summed E-state index contributed by atoms with van der Waals surface area (Å²) in [6.07, 6.45) is 1.75. The quantitative estimate of drug-likeness (QED) is 0.930. The summed E-state index contributed by atoms with van der Waals surface area (Å²) in [5.74, 6) is 0.478. The summed E-state index contributed by atoms with van der Waals surface area (Å²) in [4.78, 5) is 15.5. The van der Waals surface area contributed by atoms with E-state index in [9.17, 15) is 4.79 Å². The largest absolute Gasteiger partial charge is 0.337 e. The third kappa shape index (κ3) is 2.89. The molecular formula is C22H23N3O. The van der Waals surface area contributed by atoms with Crippen LogP contribution in [0.5, 0.6) is 0 Å². The SMILES string of the molecule is N#Cc1ccc(C2CN(Cc3ccccc3)C(=O)C23CCNCC3)cc1. The van der Waals surface area contributed by atoms with Crippen molar-refractivity contribution in [3.8, 4) is 6.07 Å². The lowest BCUT2D eigenvalue weighted by atomic mass is 9.68. The molecule has 1 atom stereocenters. The molecule has 26 heavy (non-hydrogen) atoms. The maximum Gasteiger partial charge on any atom is 0.229 e. The predicted octanol–water partition coefficient (Wildman–Crippen LogP) is 3.05. The number of piperidine rings is 1. The Morgan fingerprint density at radius 1 is 1.08 bits per heavy atom. The van der Waals surface area contributed by atoms with Crippen molar-refractivity contribution in [1.82, 2.24) is 10.2 Å². The number of nitrogens with one attached hydrogen (secondary N) is 1. The molecular weight excluding hydrogens is 322 g/mol. The van der Waals surface area contributed by atoms with Crippen LogP contribution in [0.1, 0.15) is 35.4 Å². The molecule has 1 unspecified atom stereocenters. The summed E-state index contributed by atoms with van der Waals surface area (Å²) < 4.78 is 0. The Labute approximate surface area is 154 Å². The number of amides is 1. The molecule has 2 aromatic rings. The normalized spacial score (nSPS) is 21.7. The van der Waals surface area contributed by atoms with Gasteiger partial charge in [0.05, 0.1) is 17.0 Å². The third-order valence-electron chi connectivity index (χ3n) is 5.94. The Bertz CT molecular complexity index is 817. The van der Waals surface area contributed by atoms with Gasteiger partial charge >= 0.3 is 0 Å². The molecule has 2 fully saturated rings. The van der Waals surface area contributed by atoms with Crippen molar-refractivity contribution >= 4 is 5.91 Å². The van der Waals surface area contributed by atoms with Gasteiger partial charge in [-0.2, -0.15) is 5.26 Å². The number of carbonyl (C=O) groups is 1. The van der Waals surface area contributed by atoms with Gasteiger partial charge < -0.3 is 10.2 Å². The molecule has 1 spiro atoms. The lowest BCUT2D eigenvalue weighted by molar-refractivity contribution is -0.138. The highest BCUT2D eigenvalue weighted by molar-refractivity contribution is 5.87. The van der Waals surface area contributed by atoms with Crippen molar-refractivity contribution in [2.75, 3.05) is 19.6 Å². The Morgan fingerprint density at radius 2 is 1.77 bits per heavy atom. The molecule has 1 amide bonds. The zero-order valence-corrected chi connectivity index (χ0v) is 14.8. The minimum absolute atomic E-state index is 0.188. The molecule has 0 saturated carbocycles. The fraction of sp³-hybridized carbons (Fsp3) is 0.364. The van der Waals surface area contributed by atoms with Crippen LogP contribution in [-0.2, 0) is 11.3 Å². The maximum atomic E-state index is 13.4. The second kappa shape index (κ2) is 6.93. The molecule has 0 radical (unpaired) electrons. The van der Waals surface area contributed by atoms with Crippen LogP contribution in [0.4, 0.5) is 0 Å². The number of hydrogen-bond donors (Lipinski definition) is 1. The van der Waals surface area contributed by atoms with Crippen molar-refractivity contribution in [3.63, 3.8) is 0 Å². The summed E-state index contributed by atoms with van der Waals surface area (Å²) in [5.41, 5.74) is 2.70. The number of nitriles is 1. The van der Waals surface area contributed by atoms with Crippen LogP contribution < -0.4 is 5.32 Å². The van der Waals surface area contributed by atoms with E-state index >= 15 is 0 Å². The first kappa shape index (κ1) is 16.8. The lowest BCUT2D eigenvalue weighted by Crippen LogP contribution is -2.44. The molecule has 4 rings (SSSR count). The van der Waals surface area contributed by atoms with E-state index in [1.54, 1.807) is 0 Å². The third-order valence-corrected chi connectivity index (χ3v) is 5.94. The number of rotatable bonds is 3. The predicted molar refractivity (Wildman–Crippen MR) is 100 cm³/mol. The van der Waals surface area contributed by atoms with Crippen LogP contribution in [0.15, 0.2) is 54.6 Å². The van der Waals surface area contributed by atoms with Gasteiger partial charge in [0.15, 0.2) is 0 Å². The smallest absolute Gasteiger partial charge is 0.229 e. The number of hydrogen-bond acceptors (Lipinski definition) is 3. The standard InChI is InChI=1S/C22H23N3O/c23-14-17-6-8-19(9-7-17)20-16-25(15-18-4-2-1-3-5-18)21(26)22(20)10-12-24-13-11-22/h1-9,20,24H,10-13,15-16H2. The van der Waals surface area contributed by atoms with Crippen LogP contribution in [0.25, 0.3) is 0 Å². The number of carbonyl (C=O) groups excluding carboxylic acids is 1. The summed E-state index contributed by atoms with van der Waals surface area (Å²) in [6, 6.07) is 20.2. The van der Waals surface area contributed by atoms with E-state index < -0.39 is 0 Å². The molecule has 2 aliphatic rings. The van der Waals surface area contributed by atoms with Gasteiger partial charge in [0, 0.05) is 19.0 Å². The van der Waals surface area contributed by atoms with Crippen LogP contribution in [-0.4, -0.2) is 30.4 Å². The van der Waals surface area contributed by atoms with Gasteiger partial charge in [0.1, 0.15) is 0 Å². The van der Waals surface area contributed by atoms with Gasteiger partial charge in [-0.3, -0.25) is 4.79 Å². The minimum Gasteiger partial charge on any atom is -0.337 e. The topological polar surface area (TPSA) is 56.1 Å². The average Bonchev–Trinajstić information content (AvgIpc) is 2.95. The van der Waals surface area contributed by atoms with Crippen LogP contribution in [0.2, 0.25) is 0 Å². The van der Waals surface area contributed by atoms with Crippen LogP contribution >= 0.6 is 0 Å². The molecule has 0 aliphatic carbocycles. The van der Waals surface area contributed by atoms with E-state index in [1.165, 1.54) is 11.1 Å². The van der Waals surface area contributed by atoms with Crippen molar-refractivity contribution < 1.29 is 4.79 Å². The zero-order chi connectivity index (χ0) is 18.0. The summed E-state index contributed by atoms with van der Waals surface area (Å²) in [7, 11) is 0. The number of likely N-dealkylation sites (tertiary alicyclic amines) is 1. The molecule has 0 bridgehead atoms. The van der Waals surface area contributed by atoms with E-state index in [4.69, 9.17) is 5.26 Å². The molecule has 1 N–H and O–H groups in total. The van der Waals surface area contributed by atoms with Gasteiger partial charge in [-0.25, -0.2) is 0 Å². The summed E-state index contributed by atoms with van der Waals surface area (Å²) in [5, 5.41) is 12.5. The van der Waals surface area contributed by atoms with E-state index in [0.717, 1.165) is 32.5 Å². The van der Waals surface area contributed by atoms with Gasteiger partial charge in [0.25, 0.3) is 0 Å². The highest BCUT2D eigenvalue weighted by atomic mass is 16.2. The Kier molecular flexibility index (Phi) is 4.48. The first-order valence-corrected chi connectivity index (χ1v) is 9.27. The first-order valence-electron chi connectivity index (χ1n) is 9.27. The van der Waals surface area contributed by atoms with Gasteiger partial charge in [0.2, 0.25) is 5.91 Å². The van der Waals surface area contributed by atoms with Crippen molar-refractivity contribution in [2.24, 2.45) is 5.41 Å². The minimum atomic E-state index is -0.311. The van der Waals surface area contributed by atoms with Crippen molar-refractivity contribution in [1.29, 1.82) is 5.26 Å². The Morgan fingerprint density at radius 3 is 2.42 bits per heavy atom. The molecule has 2 aliphatic heterocycles. The zero-order valence-electron chi connectivity index (χ0n) is 14.8. The number of benzene rings is 2. The first-order chi connectivity index (χ1) is 12.7. The number of nitrogens with zero attached hydrogens (tertiary/aromatic N) is 2. The summed E-state index contributed by atoms with van der Waals surface area (Å²) >= 11 is 0. The molecule has 4 nitrogen and oxygen atoms in total. The van der Waals surface area contributed by atoms with Crippen LogP contribution in [0, 0.1) is 16.7 Å². The average molecular weight is 345 g/mol. The van der Waals surface area contributed by atoms with Crippen LogP contribution in [0.3, 0.4) is 0 Å². The second-order valence-corrected chi connectivity index (χ2v) is 7.36. The second-order valence-electron chi connectivity index (χ2n) is 7.36. The van der Waals surface area contributed by atoms with E-state index in [1.807, 2.05) is 47.4 Å². The molecule has 2 heterocycles. The lowest BCUT2D eigenvalue weighted by Gasteiger charge is -2.36. The van der Waals surface area contributed by atoms with E-state index in [0.29, 0.717) is 12.1 Å². The molecule has 0 aromatic heterocycles. The van der Waals surface area contributed by atoms with E-state index in [-0.39, 0.29) is 17.2 Å². The molecule has 2 aromatic carbocycles. The molecule has 2 saturated heterocycles.